The van der Waals surface area contributed by atoms with Crippen LogP contribution in [0.3, 0.4) is 0 Å². The average molecular weight is 211 g/mol. The lowest BCUT2D eigenvalue weighted by Crippen LogP contribution is -2.51. The summed E-state index contributed by atoms with van der Waals surface area (Å²) in [5.41, 5.74) is -0.0365. The molecule has 1 aliphatic rings. The van der Waals surface area contributed by atoms with Crippen LogP contribution in [-0.2, 0) is 9.45 Å². The van der Waals surface area contributed by atoms with E-state index in [1.165, 1.54) is 6.42 Å². The molecule has 0 saturated heterocycles. The third-order valence-electron chi connectivity index (χ3n) is 3.09. The van der Waals surface area contributed by atoms with Crippen LogP contribution in [0.15, 0.2) is 0 Å². The minimum atomic E-state index is -0.0808. The zero-order valence-corrected chi connectivity index (χ0v) is 10.3. The Kier molecular flexibility index (Phi) is 4.35. The van der Waals surface area contributed by atoms with Crippen LogP contribution in [0.5, 0.6) is 0 Å². The molecule has 1 rings (SSSR count). The topological polar surface area (TPSA) is 38.3 Å². The van der Waals surface area contributed by atoms with Gasteiger partial charge in [-0.1, -0.05) is 27.2 Å². The van der Waals surface area contributed by atoms with E-state index in [1.807, 2.05) is 0 Å². The highest BCUT2D eigenvalue weighted by Crippen LogP contribution is 2.32. The smallest absolute Gasteiger partial charge is 0.361 e. The van der Waals surface area contributed by atoms with Crippen molar-refractivity contribution in [3.05, 3.63) is 0 Å². The van der Waals surface area contributed by atoms with Crippen molar-refractivity contribution in [1.29, 1.82) is 0 Å². The van der Waals surface area contributed by atoms with Gasteiger partial charge in [-0.15, -0.1) is 0 Å². The third kappa shape index (κ3) is 3.31. The van der Waals surface area contributed by atoms with Crippen molar-refractivity contribution >= 4 is 13.4 Å². The van der Waals surface area contributed by atoms with Crippen LogP contribution in [0.1, 0.15) is 40.0 Å². The number of Topliss-reactive ketones (excluding diaryl/α,β-unsaturated/α-hetero) is 1. The summed E-state index contributed by atoms with van der Waals surface area (Å²) in [4.78, 5) is 12.2. The standard InChI is InChI=1S/C11H22BNO2/c1-11(2,3)10(13-12-15-4)9(14)8-6-5-7-8/h8,10,12-13H,5-7H2,1-4H3/t10-/m1/s1. The second kappa shape index (κ2) is 5.13. The molecule has 1 aliphatic carbocycles. The van der Waals surface area contributed by atoms with Gasteiger partial charge in [-0.25, -0.2) is 0 Å². The van der Waals surface area contributed by atoms with Crippen molar-refractivity contribution in [3.8, 4) is 0 Å². The SMILES string of the molecule is COBN[C@H](C(=O)C1CCC1)C(C)(C)C. The Morgan fingerprint density at radius 2 is 2.07 bits per heavy atom. The molecule has 0 amide bonds. The maximum atomic E-state index is 12.2. The van der Waals surface area contributed by atoms with E-state index in [0.29, 0.717) is 19.3 Å². The minimum Gasteiger partial charge on any atom is -0.427 e. The molecule has 0 heterocycles. The molecule has 3 nitrogen and oxygen atoms in total. The number of carbonyl (C=O) groups is 1. The predicted octanol–water partition coefficient (Wildman–Crippen LogP) is 1.27. The van der Waals surface area contributed by atoms with Crippen molar-refractivity contribution in [2.75, 3.05) is 7.11 Å². The fourth-order valence-corrected chi connectivity index (χ4v) is 1.93. The first kappa shape index (κ1) is 12.7. The Morgan fingerprint density at radius 1 is 1.47 bits per heavy atom. The Hall–Kier alpha value is -0.345. The summed E-state index contributed by atoms with van der Waals surface area (Å²) in [6.07, 6.45) is 3.34. The lowest BCUT2D eigenvalue weighted by atomic mass is 9.73. The monoisotopic (exact) mass is 211 g/mol. The molecule has 0 unspecified atom stereocenters. The molecule has 0 spiro atoms. The van der Waals surface area contributed by atoms with Crippen LogP contribution in [-0.4, -0.2) is 26.6 Å². The Morgan fingerprint density at radius 3 is 2.40 bits per heavy atom. The van der Waals surface area contributed by atoms with Gasteiger partial charge in [0.05, 0.1) is 6.04 Å². The molecule has 0 aromatic rings. The molecule has 1 fully saturated rings. The van der Waals surface area contributed by atoms with Crippen molar-refractivity contribution in [2.45, 2.75) is 46.1 Å². The number of rotatable bonds is 5. The number of nitrogens with one attached hydrogen (secondary N) is 1. The van der Waals surface area contributed by atoms with E-state index in [4.69, 9.17) is 4.65 Å². The van der Waals surface area contributed by atoms with E-state index in [9.17, 15) is 4.79 Å². The molecular weight excluding hydrogens is 189 g/mol. The highest BCUT2D eigenvalue weighted by molar-refractivity contribution is 6.24. The van der Waals surface area contributed by atoms with Crippen LogP contribution in [0, 0.1) is 11.3 Å². The Bertz CT molecular complexity index is 221. The lowest BCUT2D eigenvalue weighted by Gasteiger charge is -2.35. The van der Waals surface area contributed by atoms with E-state index in [1.54, 1.807) is 7.11 Å². The van der Waals surface area contributed by atoms with Gasteiger partial charge < -0.3 is 9.88 Å². The van der Waals surface area contributed by atoms with Gasteiger partial charge in [0, 0.05) is 13.0 Å². The first-order valence-corrected chi connectivity index (χ1v) is 5.73. The van der Waals surface area contributed by atoms with Gasteiger partial charge in [0.1, 0.15) is 0 Å². The Labute approximate surface area is 93.3 Å². The van der Waals surface area contributed by atoms with E-state index < -0.39 is 0 Å². The quantitative estimate of drug-likeness (QED) is 0.696. The molecule has 0 aromatic carbocycles. The number of hydrogen-bond acceptors (Lipinski definition) is 3. The first-order chi connectivity index (χ1) is 6.96. The zero-order valence-electron chi connectivity index (χ0n) is 10.3. The van der Waals surface area contributed by atoms with Crippen LogP contribution in [0.2, 0.25) is 0 Å². The summed E-state index contributed by atoms with van der Waals surface area (Å²) in [5.74, 6) is 0.657. The number of ketones is 1. The van der Waals surface area contributed by atoms with Crippen LogP contribution >= 0.6 is 0 Å². The second-order valence-electron chi connectivity index (χ2n) is 5.47. The Balaban J connectivity index is 2.58. The highest BCUT2D eigenvalue weighted by atomic mass is 16.4. The molecule has 0 aliphatic heterocycles. The fourth-order valence-electron chi connectivity index (χ4n) is 1.93. The van der Waals surface area contributed by atoms with Crippen LogP contribution < -0.4 is 5.23 Å². The number of hydrogen-bond donors (Lipinski definition) is 1. The van der Waals surface area contributed by atoms with E-state index >= 15 is 0 Å². The first-order valence-electron chi connectivity index (χ1n) is 5.73. The van der Waals surface area contributed by atoms with Gasteiger partial charge >= 0.3 is 7.62 Å². The van der Waals surface area contributed by atoms with Gasteiger partial charge in [0.15, 0.2) is 5.78 Å². The molecule has 15 heavy (non-hydrogen) atoms. The molecule has 1 atom stereocenters. The third-order valence-corrected chi connectivity index (χ3v) is 3.09. The summed E-state index contributed by atoms with van der Waals surface area (Å²) < 4.78 is 4.99. The second-order valence-corrected chi connectivity index (χ2v) is 5.47. The fraction of sp³-hybridized carbons (Fsp3) is 0.909. The summed E-state index contributed by atoms with van der Waals surface area (Å²) in [5, 5.41) is 3.19. The van der Waals surface area contributed by atoms with Crippen molar-refractivity contribution in [3.63, 3.8) is 0 Å². The summed E-state index contributed by atoms with van der Waals surface area (Å²) in [6.45, 7) is 6.28. The largest absolute Gasteiger partial charge is 0.427 e. The van der Waals surface area contributed by atoms with Gasteiger partial charge in [-0.2, -0.15) is 0 Å². The van der Waals surface area contributed by atoms with E-state index in [2.05, 4.69) is 26.0 Å². The summed E-state index contributed by atoms with van der Waals surface area (Å²) in [6, 6.07) is -0.0808. The maximum Gasteiger partial charge on any atom is 0.361 e. The predicted molar refractivity (Wildman–Crippen MR) is 62.9 cm³/mol. The molecule has 1 saturated carbocycles. The van der Waals surface area contributed by atoms with E-state index in [-0.39, 0.29) is 11.5 Å². The molecule has 0 aromatic heterocycles. The van der Waals surface area contributed by atoms with Gasteiger partial charge in [0.25, 0.3) is 0 Å². The molecule has 0 radical (unpaired) electrons. The van der Waals surface area contributed by atoms with Crippen molar-refractivity contribution in [1.82, 2.24) is 5.23 Å². The van der Waals surface area contributed by atoms with Gasteiger partial charge in [-0.3, -0.25) is 4.79 Å². The van der Waals surface area contributed by atoms with Gasteiger partial charge in [-0.05, 0) is 18.3 Å². The minimum absolute atomic E-state index is 0.0365. The van der Waals surface area contributed by atoms with Gasteiger partial charge in [0.2, 0.25) is 0 Å². The van der Waals surface area contributed by atoms with Crippen LogP contribution in [0.4, 0.5) is 0 Å². The molecule has 0 bridgehead atoms. The zero-order chi connectivity index (χ0) is 11.5. The molecule has 4 heteroatoms. The summed E-state index contributed by atoms with van der Waals surface area (Å²) in [7, 11) is 2.08. The normalized spacial score (nSPS) is 19.5. The lowest BCUT2D eigenvalue weighted by molar-refractivity contribution is -0.129. The van der Waals surface area contributed by atoms with Crippen molar-refractivity contribution < 1.29 is 9.45 Å². The highest BCUT2D eigenvalue weighted by Gasteiger charge is 2.37. The summed E-state index contributed by atoms with van der Waals surface area (Å²) >= 11 is 0. The van der Waals surface area contributed by atoms with E-state index in [0.717, 1.165) is 12.8 Å². The molecule has 86 valence electrons. The number of carbonyl (C=O) groups excluding carboxylic acids is 1. The van der Waals surface area contributed by atoms with Crippen LogP contribution in [0.25, 0.3) is 0 Å². The molecular formula is C11H22BNO2. The molecule has 1 N–H and O–H groups in total. The van der Waals surface area contributed by atoms with Crippen molar-refractivity contribution in [2.24, 2.45) is 11.3 Å². The maximum absolute atomic E-state index is 12.2. The average Bonchev–Trinajstić information content (AvgIpc) is 1.98.